The Labute approximate surface area is 94.8 Å². The predicted octanol–water partition coefficient (Wildman–Crippen LogP) is 2.26. The van der Waals surface area contributed by atoms with Gasteiger partial charge in [-0.05, 0) is 25.7 Å². The number of thiazole rings is 1. The lowest BCUT2D eigenvalue weighted by atomic mass is 9.96. The molecule has 0 aliphatic carbocycles. The molecule has 0 radical (unpaired) electrons. The van der Waals surface area contributed by atoms with Gasteiger partial charge in [-0.15, -0.1) is 0 Å². The number of piperidine rings is 1. The fourth-order valence-corrected chi connectivity index (χ4v) is 2.94. The molecule has 1 saturated heterocycles. The van der Waals surface area contributed by atoms with Gasteiger partial charge in [-0.25, -0.2) is 4.98 Å². The molecule has 1 aliphatic rings. The Kier molecular flexibility index (Phi) is 3.26. The quantitative estimate of drug-likeness (QED) is 0.840. The van der Waals surface area contributed by atoms with Gasteiger partial charge in [-0.2, -0.15) is 0 Å². The molecule has 1 N–H and O–H groups in total. The Bertz CT molecular complexity index is 326. The second-order valence-corrected chi connectivity index (χ2v) is 5.54. The Morgan fingerprint density at radius 1 is 1.53 bits per heavy atom. The van der Waals surface area contributed by atoms with Gasteiger partial charge in [0.1, 0.15) is 0 Å². The predicted molar refractivity (Wildman–Crippen MR) is 63.2 cm³/mol. The minimum Gasteiger partial charge on any atom is -0.391 e. The summed E-state index contributed by atoms with van der Waals surface area (Å²) in [7, 11) is 0. The molecule has 0 aromatic carbocycles. The van der Waals surface area contributed by atoms with Crippen molar-refractivity contribution in [3.8, 4) is 0 Å². The maximum absolute atomic E-state index is 9.02. The van der Waals surface area contributed by atoms with Crippen LogP contribution in [0.3, 0.4) is 0 Å². The first-order chi connectivity index (χ1) is 7.20. The summed E-state index contributed by atoms with van der Waals surface area (Å²) in [5, 5.41) is 10.1. The summed E-state index contributed by atoms with van der Waals surface area (Å²) in [5.41, 5.74) is 0. The largest absolute Gasteiger partial charge is 0.391 e. The summed E-state index contributed by atoms with van der Waals surface area (Å²) in [6.45, 7) is 5.75. The molecule has 1 aromatic heterocycles. The number of hydrogen-bond donors (Lipinski definition) is 1. The van der Waals surface area contributed by atoms with Gasteiger partial charge < -0.3 is 10.0 Å². The molecule has 1 fully saturated rings. The van der Waals surface area contributed by atoms with Crippen LogP contribution in [0.4, 0.5) is 5.13 Å². The lowest BCUT2D eigenvalue weighted by Crippen LogP contribution is -2.40. The van der Waals surface area contributed by atoms with Gasteiger partial charge in [0.15, 0.2) is 5.13 Å². The minimum atomic E-state index is 0.107. The summed E-state index contributed by atoms with van der Waals surface area (Å²) >= 11 is 1.61. The van der Waals surface area contributed by atoms with Crippen LogP contribution in [0.15, 0.2) is 6.20 Å². The Hall–Kier alpha value is -0.610. The molecular weight excluding hydrogens is 208 g/mol. The van der Waals surface area contributed by atoms with Crippen LogP contribution in [0.2, 0.25) is 0 Å². The second kappa shape index (κ2) is 4.49. The van der Waals surface area contributed by atoms with Crippen molar-refractivity contribution in [3.05, 3.63) is 11.1 Å². The van der Waals surface area contributed by atoms with Gasteiger partial charge >= 0.3 is 0 Å². The van der Waals surface area contributed by atoms with E-state index in [1.807, 2.05) is 0 Å². The lowest BCUT2D eigenvalue weighted by Gasteiger charge is -2.36. The van der Waals surface area contributed by atoms with Crippen LogP contribution in [0.25, 0.3) is 0 Å². The molecule has 3 nitrogen and oxygen atoms in total. The topological polar surface area (TPSA) is 36.4 Å². The van der Waals surface area contributed by atoms with Crippen LogP contribution in [0, 0.1) is 5.92 Å². The van der Waals surface area contributed by atoms with Crippen molar-refractivity contribution in [2.24, 2.45) is 5.92 Å². The summed E-state index contributed by atoms with van der Waals surface area (Å²) in [4.78, 5) is 7.71. The van der Waals surface area contributed by atoms with Gasteiger partial charge in [0.05, 0.1) is 11.5 Å². The highest BCUT2D eigenvalue weighted by molar-refractivity contribution is 7.15. The SMILES string of the molecule is CC1CCC(C)N(c2ncc(CO)s2)C1. The summed E-state index contributed by atoms with van der Waals surface area (Å²) in [6, 6.07) is 0.582. The molecule has 2 atom stereocenters. The van der Waals surface area contributed by atoms with E-state index in [1.54, 1.807) is 17.5 Å². The van der Waals surface area contributed by atoms with Crippen LogP contribution in [-0.2, 0) is 6.61 Å². The zero-order chi connectivity index (χ0) is 10.8. The maximum Gasteiger partial charge on any atom is 0.185 e. The first-order valence-electron chi connectivity index (χ1n) is 5.53. The molecule has 1 aromatic rings. The van der Waals surface area contributed by atoms with E-state index in [1.165, 1.54) is 12.8 Å². The number of nitrogens with zero attached hydrogens (tertiary/aromatic N) is 2. The number of aromatic nitrogens is 1. The van der Waals surface area contributed by atoms with Crippen LogP contribution < -0.4 is 4.90 Å². The van der Waals surface area contributed by atoms with E-state index >= 15 is 0 Å². The van der Waals surface area contributed by atoms with E-state index in [0.29, 0.717) is 6.04 Å². The number of hydrogen-bond acceptors (Lipinski definition) is 4. The van der Waals surface area contributed by atoms with Crippen LogP contribution in [0.1, 0.15) is 31.6 Å². The summed E-state index contributed by atoms with van der Waals surface area (Å²) in [5.74, 6) is 0.752. The van der Waals surface area contributed by atoms with E-state index in [2.05, 4.69) is 23.7 Å². The van der Waals surface area contributed by atoms with Gasteiger partial charge in [0.2, 0.25) is 0 Å². The van der Waals surface area contributed by atoms with Crippen LogP contribution in [-0.4, -0.2) is 22.7 Å². The second-order valence-electron chi connectivity index (χ2n) is 4.45. The highest BCUT2D eigenvalue weighted by Gasteiger charge is 2.24. The summed E-state index contributed by atoms with van der Waals surface area (Å²) < 4.78 is 0. The van der Waals surface area contributed by atoms with E-state index in [9.17, 15) is 0 Å². The third kappa shape index (κ3) is 2.32. The van der Waals surface area contributed by atoms with Crippen molar-refractivity contribution in [1.82, 2.24) is 4.98 Å². The molecule has 2 rings (SSSR count). The third-order valence-electron chi connectivity index (χ3n) is 3.06. The Morgan fingerprint density at radius 2 is 2.33 bits per heavy atom. The van der Waals surface area contributed by atoms with Crippen molar-refractivity contribution in [2.75, 3.05) is 11.4 Å². The average Bonchev–Trinajstić information content (AvgIpc) is 2.70. The normalized spacial score (nSPS) is 27.0. The van der Waals surface area contributed by atoms with Gasteiger partial charge in [-0.1, -0.05) is 18.3 Å². The Balaban J connectivity index is 2.13. The van der Waals surface area contributed by atoms with E-state index in [0.717, 1.165) is 22.5 Å². The smallest absolute Gasteiger partial charge is 0.185 e. The number of rotatable bonds is 2. The molecule has 4 heteroatoms. The molecular formula is C11H18N2OS. The highest BCUT2D eigenvalue weighted by Crippen LogP contribution is 2.30. The first-order valence-corrected chi connectivity index (χ1v) is 6.34. The number of aliphatic hydroxyl groups is 1. The van der Waals surface area contributed by atoms with Crippen LogP contribution in [0.5, 0.6) is 0 Å². The van der Waals surface area contributed by atoms with Crippen molar-refractivity contribution in [3.63, 3.8) is 0 Å². The highest BCUT2D eigenvalue weighted by atomic mass is 32.1. The molecule has 2 unspecified atom stereocenters. The summed E-state index contributed by atoms with van der Waals surface area (Å²) in [6.07, 6.45) is 4.34. The first kappa shape index (κ1) is 10.9. The van der Waals surface area contributed by atoms with Crippen molar-refractivity contribution in [1.29, 1.82) is 0 Å². The van der Waals surface area contributed by atoms with Gasteiger partial charge in [0, 0.05) is 18.8 Å². The molecule has 0 amide bonds. The lowest BCUT2D eigenvalue weighted by molar-refractivity contribution is 0.285. The average molecular weight is 226 g/mol. The van der Waals surface area contributed by atoms with Crippen LogP contribution >= 0.6 is 11.3 Å². The number of anilines is 1. The number of aliphatic hydroxyl groups excluding tert-OH is 1. The monoisotopic (exact) mass is 226 g/mol. The molecule has 1 aliphatic heterocycles. The van der Waals surface area contributed by atoms with E-state index < -0.39 is 0 Å². The molecule has 0 saturated carbocycles. The fourth-order valence-electron chi connectivity index (χ4n) is 2.06. The molecule has 2 heterocycles. The van der Waals surface area contributed by atoms with Crippen molar-refractivity contribution >= 4 is 16.5 Å². The van der Waals surface area contributed by atoms with Gasteiger partial charge in [0.25, 0.3) is 0 Å². The molecule has 0 bridgehead atoms. The molecule has 0 spiro atoms. The maximum atomic E-state index is 9.02. The minimum absolute atomic E-state index is 0.107. The van der Waals surface area contributed by atoms with Crippen molar-refractivity contribution in [2.45, 2.75) is 39.3 Å². The molecule has 84 valence electrons. The zero-order valence-corrected chi connectivity index (χ0v) is 10.1. The fraction of sp³-hybridized carbons (Fsp3) is 0.727. The van der Waals surface area contributed by atoms with Crippen molar-refractivity contribution < 1.29 is 5.11 Å². The molecule has 15 heavy (non-hydrogen) atoms. The third-order valence-corrected chi connectivity index (χ3v) is 4.08. The Morgan fingerprint density at radius 3 is 3.00 bits per heavy atom. The van der Waals surface area contributed by atoms with E-state index in [4.69, 9.17) is 5.11 Å². The standard InChI is InChI=1S/C11H18N2OS/c1-8-3-4-9(2)13(6-8)11-12-5-10(7-14)15-11/h5,8-9,14H,3-4,6-7H2,1-2H3. The van der Waals surface area contributed by atoms with E-state index in [-0.39, 0.29) is 6.61 Å². The van der Waals surface area contributed by atoms with Gasteiger partial charge in [-0.3, -0.25) is 0 Å². The zero-order valence-electron chi connectivity index (χ0n) is 9.31.